The van der Waals surface area contributed by atoms with Crippen molar-refractivity contribution in [2.24, 2.45) is 5.41 Å². The summed E-state index contributed by atoms with van der Waals surface area (Å²) in [6.07, 6.45) is 0. The normalized spacial score (nSPS) is 27.1. The zero-order chi connectivity index (χ0) is 26.5. The highest BCUT2D eigenvalue weighted by Crippen LogP contribution is 2.73. The van der Waals surface area contributed by atoms with E-state index in [-0.39, 0.29) is 10.5 Å². The molecular weight excluding hydrogens is 476 g/mol. The van der Waals surface area contributed by atoms with Crippen LogP contribution in [-0.2, 0) is 25.7 Å². The van der Waals surface area contributed by atoms with Crippen molar-refractivity contribution < 1.29 is 18.9 Å². The van der Waals surface area contributed by atoms with Crippen LogP contribution >= 0.6 is 0 Å². The van der Waals surface area contributed by atoms with Crippen molar-refractivity contribution in [1.82, 2.24) is 0 Å². The van der Waals surface area contributed by atoms with E-state index in [1.165, 1.54) is 22.3 Å². The van der Waals surface area contributed by atoms with Gasteiger partial charge in [-0.2, -0.15) is 4.89 Å². The van der Waals surface area contributed by atoms with Gasteiger partial charge in [0.25, 0.3) is 5.79 Å². The standard InChI is InChI=1S/C32H38O4Si/c1-28(2,3)37(7,8)34-23-15-13-14-22(20-23)31-32(36-35-31,29(4,5)21-33-31)30(6)26-18-11-9-16-24(26)25-17-10-12-19-27(25)30/h9-20H,21H2,1-8H3. The smallest absolute Gasteiger partial charge is 0.262 e. The third-order valence-electron chi connectivity index (χ3n) is 9.66. The molecule has 37 heavy (non-hydrogen) atoms. The molecule has 3 aromatic rings. The summed E-state index contributed by atoms with van der Waals surface area (Å²) >= 11 is 0. The van der Waals surface area contributed by atoms with Crippen LogP contribution in [0.15, 0.2) is 72.8 Å². The first-order valence-corrected chi connectivity index (χ1v) is 16.2. The van der Waals surface area contributed by atoms with Crippen LogP contribution in [-0.4, -0.2) is 20.5 Å². The summed E-state index contributed by atoms with van der Waals surface area (Å²) in [4.78, 5) is 12.6. The van der Waals surface area contributed by atoms with Gasteiger partial charge in [-0.1, -0.05) is 95.3 Å². The van der Waals surface area contributed by atoms with Crippen LogP contribution in [0, 0.1) is 5.41 Å². The monoisotopic (exact) mass is 514 g/mol. The molecule has 194 valence electrons. The van der Waals surface area contributed by atoms with E-state index >= 15 is 0 Å². The summed E-state index contributed by atoms with van der Waals surface area (Å²) in [6, 6.07) is 25.7. The van der Waals surface area contributed by atoms with Gasteiger partial charge in [-0.25, -0.2) is 4.89 Å². The Balaban J connectivity index is 1.54. The number of fused-ring (bicyclic) bond motifs is 4. The first-order chi connectivity index (χ1) is 17.3. The maximum absolute atomic E-state index is 6.71. The number of rotatable bonds is 4. The lowest BCUT2D eigenvalue weighted by atomic mass is 9.53. The Morgan fingerprint density at radius 2 is 1.38 bits per heavy atom. The van der Waals surface area contributed by atoms with E-state index in [9.17, 15) is 0 Å². The molecule has 0 spiro atoms. The van der Waals surface area contributed by atoms with Crippen molar-refractivity contribution in [3.05, 3.63) is 89.5 Å². The second-order valence-corrected chi connectivity index (χ2v) is 18.0. The van der Waals surface area contributed by atoms with E-state index in [0.29, 0.717) is 6.61 Å². The molecule has 2 heterocycles. The minimum absolute atomic E-state index is 0.0950. The fourth-order valence-corrected chi connectivity index (χ4v) is 7.76. The highest BCUT2D eigenvalue weighted by atomic mass is 28.4. The first-order valence-electron chi connectivity index (χ1n) is 13.3. The van der Waals surface area contributed by atoms with Crippen molar-refractivity contribution in [3.8, 4) is 16.9 Å². The van der Waals surface area contributed by atoms with Gasteiger partial charge >= 0.3 is 0 Å². The molecule has 3 aromatic carbocycles. The second-order valence-electron chi connectivity index (χ2n) is 13.2. The maximum Gasteiger partial charge on any atom is 0.262 e. The van der Waals surface area contributed by atoms with E-state index in [0.717, 1.165) is 11.3 Å². The molecule has 0 saturated carbocycles. The van der Waals surface area contributed by atoms with Crippen LogP contribution in [0.5, 0.6) is 5.75 Å². The minimum atomic E-state index is -2.03. The van der Waals surface area contributed by atoms with E-state index in [1.807, 2.05) is 12.1 Å². The average Bonchev–Trinajstić information content (AvgIpc) is 3.16. The fraction of sp³-hybridized carbons (Fsp3) is 0.438. The Kier molecular flexibility index (Phi) is 5.09. The molecule has 2 fully saturated rings. The van der Waals surface area contributed by atoms with E-state index in [2.05, 4.69) is 115 Å². The average molecular weight is 515 g/mol. The Hall–Kier alpha value is -2.44. The van der Waals surface area contributed by atoms with Crippen LogP contribution in [0.1, 0.15) is 58.2 Å². The molecule has 0 radical (unpaired) electrons. The summed E-state index contributed by atoms with van der Waals surface area (Å²) in [5.41, 5.74) is 4.27. The van der Waals surface area contributed by atoms with Crippen molar-refractivity contribution >= 4 is 8.32 Å². The van der Waals surface area contributed by atoms with Crippen LogP contribution in [0.3, 0.4) is 0 Å². The zero-order valence-electron chi connectivity index (χ0n) is 23.3. The summed E-state index contributed by atoms with van der Waals surface area (Å²) in [5.74, 6) is -0.212. The van der Waals surface area contributed by atoms with Gasteiger partial charge in [-0.15, -0.1) is 0 Å². The maximum atomic E-state index is 6.71. The quantitative estimate of drug-likeness (QED) is 0.261. The molecule has 4 nitrogen and oxygen atoms in total. The molecule has 2 atom stereocenters. The lowest BCUT2D eigenvalue weighted by molar-refractivity contribution is -0.619. The lowest BCUT2D eigenvalue weighted by Crippen LogP contribution is -2.75. The number of ether oxygens (including phenoxy) is 1. The Bertz CT molecular complexity index is 1340. The molecule has 1 aliphatic carbocycles. The molecule has 2 saturated heterocycles. The van der Waals surface area contributed by atoms with Crippen LogP contribution in [0.2, 0.25) is 18.1 Å². The Morgan fingerprint density at radius 3 is 1.92 bits per heavy atom. The van der Waals surface area contributed by atoms with Crippen molar-refractivity contribution in [2.45, 2.75) is 76.5 Å². The number of hydrogen-bond donors (Lipinski definition) is 0. The van der Waals surface area contributed by atoms with Crippen LogP contribution in [0.4, 0.5) is 0 Å². The van der Waals surface area contributed by atoms with E-state index in [4.69, 9.17) is 18.9 Å². The van der Waals surface area contributed by atoms with Gasteiger partial charge in [0, 0.05) is 11.0 Å². The molecule has 0 N–H and O–H groups in total. The van der Waals surface area contributed by atoms with E-state index in [1.54, 1.807) is 0 Å². The molecular formula is C32H38O4Si. The van der Waals surface area contributed by atoms with Gasteiger partial charge in [0.2, 0.25) is 8.32 Å². The van der Waals surface area contributed by atoms with E-state index < -0.39 is 25.1 Å². The van der Waals surface area contributed by atoms with Gasteiger partial charge in [0.1, 0.15) is 5.75 Å². The predicted octanol–water partition coefficient (Wildman–Crippen LogP) is 7.97. The largest absolute Gasteiger partial charge is 0.543 e. The van der Waals surface area contributed by atoms with Gasteiger partial charge in [-0.3, -0.25) is 0 Å². The third-order valence-corrected chi connectivity index (χ3v) is 14.0. The molecule has 2 unspecified atom stereocenters. The lowest BCUT2D eigenvalue weighted by Gasteiger charge is -2.62. The summed E-state index contributed by atoms with van der Waals surface area (Å²) < 4.78 is 13.4. The van der Waals surface area contributed by atoms with Gasteiger partial charge in [-0.05, 0) is 59.4 Å². The zero-order valence-corrected chi connectivity index (χ0v) is 24.3. The predicted molar refractivity (Wildman–Crippen MR) is 149 cm³/mol. The minimum Gasteiger partial charge on any atom is -0.543 e. The number of benzene rings is 3. The summed E-state index contributed by atoms with van der Waals surface area (Å²) in [7, 11) is -2.03. The van der Waals surface area contributed by atoms with Crippen LogP contribution < -0.4 is 4.43 Å². The van der Waals surface area contributed by atoms with Gasteiger partial charge in [0.15, 0.2) is 5.60 Å². The molecule has 6 rings (SSSR count). The molecule has 5 heteroatoms. The van der Waals surface area contributed by atoms with Gasteiger partial charge in [0.05, 0.1) is 12.0 Å². The van der Waals surface area contributed by atoms with Crippen molar-refractivity contribution in [2.75, 3.05) is 6.61 Å². The fourth-order valence-electron chi connectivity index (χ4n) is 6.74. The van der Waals surface area contributed by atoms with Crippen molar-refractivity contribution in [1.29, 1.82) is 0 Å². The second kappa shape index (κ2) is 7.57. The van der Waals surface area contributed by atoms with Gasteiger partial charge < -0.3 is 9.16 Å². The molecule has 0 amide bonds. The Morgan fingerprint density at radius 1 is 0.784 bits per heavy atom. The molecule has 3 aliphatic rings. The third kappa shape index (κ3) is 2.94. The highest BCUT2D eigenvalue weighted by molar-refractivity contribution is 6.74. The highest BCUT2D eigenvalue weighted by Gasteiger charge is 2.84. The molecule has 2 aliphatic heterocycles. The summed E-state index contributed by atoms with van der Waals surface area (Å²) in [6.45, 7) is 18.6. The Labute approximate surface area is 222 Å². The summed E-state index contributed by atoms with van der Waals surface area (Å²) in [5, 5.41) is 0.0950. The van der Waals surface area contributed by atoms with Crippen molar-refractivity contribution in [3.63, 3.8) is 0 Å². The number of hydrogen-bond acceptors (Lipinski definition) is 4. The topological polar surface area (TPSA) is 36.9 Å². The molecule has 0 bridgehead atoms. The molecule has 0 aromatic heterocycles. The SMILES string of the molecule is CC1(C)COC2(c3cccc(O[Si](C)(C)C(C)(C)C)c3)OOC12C1(C)c2ccccc2-c2ccccc21. The van der Waals surface area contributed by atoms with Crippen LogP contribution in [0.25, 0.3) is 11.1 Å². The first kappa shape index (κ1) is 24.9.